The van der Waals surface area contributed by atoms with E-state index in [2.05, 4.69) is 27.2 Å². The molecule has 5 atom stereocenters. The Hall–Kier alpha value is -4.33. The molecule has 2 aromatic rings. The third kappa shape index (κ3) is 17.4. The number of hydrogen-bond acceptors (Lipinski definition) is 9. The number of esters is 1. The Morgan fingerprint density at radius 1 is 0.780 bits per heavy atom. The van der Waals surface area contributed by atoms with Crippen LogP contribution in [-0.2, 0) is 51.1 Å². The van der Waals surface area contributed by atoms with Gasteiger partial charge in [-0.3, -0.25) is 33.7 Å². The molecule has 0 radical (unpaired) electrons. The first-order valence-corrected chi connectivity index (χ1v) is 22.0. The number of benzene rings is 2. The van der Waals surface area contributed by atoms with Gasteiger partial charge in [0.1, 0.15) is 18.1 Å². The van der Waals surface area contributed by atoms with Crippen LogP contribution in [0, 0.1) is 24.2 Å². The minimum atomic E-state index is -1.54. The van der Waals surface area contributed by atoms with Gasteiger partial charge >= 0.3 is 5.97 Å². The van der Waals surface area contributed by atoms with E-state index in [4.69, 9.17) is 15.9 Å². The summed E-state index contributed by atoms with van der Waals surface area (Å²) in [4.78, 5) is 84.6. The van der Waals surface area contributed by atoms with Gasteiger partial charge < -0.3 is 30.7 Å². The van der Waals surface area contributed by atoms with Crippen molar-refractivity contribution in [3.63, 3.8) is 0 Å². The molecule has 1 fully saturated rings. The number of morpholine rings is 1. The molecule has 2 aromatic carbocycles. The summed E-state index contributed by atoms with van der Waals surface area (Å²) in [6, 6.07) is 14.6. The Kier molecular flexibility index (Phi) is 21.1. The zero-order chi connectivity index (χ0) is 43.4. The zero-order valence-corrected chi connectivity index (χ0v) is 37.3. The molecule has 4 amide bonds. The van der Waals surface area contributed by atoms with Crippen molar-refractivity contribution in [1.82, 2.24) is 26.2 Å². The van der Waals surface area contributed by atoms with Gasteiger partial charge in [0.05, 0.1) is 32.2 Å². The highest BCUT2D eigenvalue weighted by Crippen LogP contribution is 2.22. The molecule has 0 bridgehead atoms. The van der Waals surface area contributed by atoms with Gasteiger partial charge in [-0.2, -0.15) is 0 Å². The minimum absolute atomic E-state index is 0.0307. The monoisotopic (exact) mass is 927 g/mol. The van der Waals surface area contributed by atoms with Crippen LogP contribution in [0.2, 0.25) is 0 Å². The topological polar surface area (TPSA) is 172 Å². The standard InChI is InChI=1S/C45H62IN5O8/c1-7-8-19-40(53)59-45(6,30-46)41(54)36(26-31(2)3)48-44(57)38(28-34-17-13-10-14-18-34)50-43(56)37(27-32(4)5)49-42(55)35(21-20-33-15-11-9-12-16-33)47-39(52)29-51-22-24-58-25-23-51/h1,9-18,31-32,35-38H,8,19-30H2,2-6H3,(H,47,52)(H,48,57)(H,49,55)(H,50,56)/t35-,36-,37?,38-,45?/m0/s1. The van der Waals surface area contributed by atoms with Crippen molar-refractivity contribution in [2.45, 2.75) is 109 Å². The van der Waals surface area contributed by atoms with Crippen LogP contribution >= 0.6 is 22.6 Å². The number of nitrogens with zero attached hydrogens (tertiary/aromatic N) is 1. The van der Waals surface area contributed by atoms with Gasteiger partial charge in [-0.1, -0.05) is 111 Å². The van der Waals surface area contributed by atoms with E-state index in [1.54, 1.807) is 0 Å². The number of nitrogens with one attached hydrogen (secondary N) is 4. The molecule has 0 spiro atoms. The number of amides is 4. The highest BCUT2D eigenvalue weighted by atomic mass is 127. The average molecular weight is 928 g/mol. The maximum absolute atomic E-state index is 14.3. The smallest absolute Gasteiger partial charge is 0.307 e. The number of rotatable bonds is 24. The number of Topliss-reactive ketones (excluding diaryl/α,β-unsaturated/α-hetero) is 1. The largest absolute Gasteiger partial charge is 0.450 e. The molecule has 1 heterocycles. The molecule has 1 saturated heterocycles. The highest BCUT2D eigenvalue weighted by molar-refractivity contribution is 14.1. The lowest BCUT2D eigenvalue weighted by molar-refractivity contribution is -0.164. The van der Waals surface area contributed by atoms with Crippen molar-refractivity contribution in [1.29, 1.82) is 0 Å². The van der Waals surface area contributed by atoms with Crippen LogP contribution in [-0.4, -0.2) is 107 Å². The molecule has 0 aromatic heterocycles. The normalized spacial score (nSPS) is 16.1. The Bertz CT molecular complexity index is 1710. The van der Waals surface area contributed by atoms with Gasteiger partial charge in [0, 0.05) is 30.4 Å². The van der Waals surface area contributed by atoms with Crippen molar-refractivity contribution in [3.05, 3.63) is 71.8 Å². The minimum Gasteiger partial charge on any atom is -0.450 e. The van der Waals surface area contributed by atoms with Gasteiger partial charge in [0.15, 0.2) is 11.4 Å². The van der Waals surface area contributed by atoms with E-state index in [0.29, 0.717) is 39.1 Å². The molecule has 1 aliphatic heterocycles. The lowest BCUT2D eigenvalue weighted by Gasteiger charge is -2.32. The molecule has 13 nitrogen and oxygen atoms in total. The summed E-state index contributed by atoms with van der Waals surface area (Å²) in [5, 5.41) is 11.6. The van der Waals surface area contributed by atoms with Crippen LogP contribution in [0.1, 0.15) is 77.8 Å². The molecule has 0 saturated carbocycles. The number of ketones is 1. The van der Waals surface area contributed by atoms with E-state index in [0.717, 1.165) is 11.1 Å². The predicted molar refractivity (Wildman–Crippen MR) is 235 cm³/mol. The fourth-order valence-electron chi connectivity index (χ4n) is 6.70. The predicted octanol–water partition coefficient (Wildman–Crippen LogP) is 3.94. The molecule has 2 unspecified atom stereocenters. The number of aryl methyl sites for hydroxylation is 1. The Balaban J connectivity index is 1.87. The van der Waals surface area contributed by atoms with Crippen molar-refractivity contribution in [2.24, 2.45) is 11.8 Å². The Morgan fingerprint density at radius 3 is 1.88 bits per heavy atom. The summed E-state index contributed by atoms with van der Waals surface area (Å²) in [5.41, 5.74) is 0.208. The summed E-state index contributed by atoms with van der Waals surface area (Å²) in [6.07, 6.45) is 6.82. The number of hydrogen-bond donors (Lipinski definition) is 4. The first kappa shape index (κ1) is 49.0. The summed E-state index contributed by atoms with van der Waals surface area (Å²) < 4.78 is 11.2. The third-order valence-electron chi connectivity index (χ3n) is 9.87. The van der Waals surface area contributed by atoms with Crippen LogP contribution in [0.3, 0.4) is 0 Å². The fourth-order valence-corrected chi connectivity index (χ4v) is 7.23. The quantitative estimate of drug-likeness (QED) is 0.0527. The lowest BCUT2D eigenvalue weighted by Crippen LogP contribution is -2.60. The molecular formula is C45H62IN5O8. The Labute approximate surface area is 363 Å². The van der Waals surface area contributed by atoms with E-state index < -0.39 is 59.2 Å². The molecule has 322 valence electrons. The zero-order valence-electron chi connectivity index (χ0n) is 35.1. The van der Waals surface area contributed by atoms with E-state index in [1.165, 1.54) is 6.92 Å². The molecular weight excluding hydrogens is 865 g/mol. The highest BCUT2D eigenvalue weighted by Gasteiger charge is 2.42. The number of terminal acetylenes is 1. The summed E-state index contributed by atoms with van der Waals surface area (Å²) >= 11 is 1.98. The maximum atomic E-state index is 14.3. The van der Waals surface area contributed by atoms with Gasteiger partial charge in [0.2, 0.25) is 23.6 Å². The van der Waals surface area contributed by atoms with E-state index in [9.17, 15) is 28.8 Å². The van der Waals surface area contributed by atoms with Crippen molar-refractivity contribution >= 4 is 58.0 Å². The van der Waals surface area contributed by atoms with Gasteiger partial charge in [-0.05, 0) is 55.6 Å². The van der Waals surface area contributed by atoms with Crippen molar-refractivity contribution < 1.29 is 38.2 Å². The molecule has 59 heavy (non-hydrogen) atoms. The van der Waals surface area contributed by atoms with Crippen molar-refractivity contribution in [3.8, 4) is 12.3 Å². The second-order valence-electron chi connectivity index (χ2n) is 16.1. The number of carbonyl (C=O) groups is 6. The van der Waals surface area contributed by atoms with Gasteiger partial charge in [-0.25, -0.2) is 0 Å². The first-order valence-electron chi connectivity index (χ1n) is 20.5. The first-order chi connectivity index (χ1) is 28.1. The Morgan fingerprint density at radius 2 is 1.31 bits per heavy atom. The summed E-state index contributed by atoms with van der Waals surface area (Å²) in [7, 11) is 0. The van der Waals surface area contributed by atoms with Gasteiger partial charge in [-0.15, -0.1) is 12.3 Å². The molecule has 3 rings (SSSR count). The average Bonchev–Trinajstić information content (AvgIpc) is 3.21. The number of carbonyl (C=O) groups excluding carboxylic acids is 6. The molecule has 0 aliphatic carbocycles. The van der Waals surface area contributed by atoms with Crippen LogP contribution < -0.4 is 21.3 Å². The van der Waals surface area contributed by atoms with Crippen LogP contribution in [0.15, 0.2) is 60.7 Å². The number of alkyl halides is 1. The summed E-state index contributed by atoms with van der Waals surface area (Å²) in [6.45, 7) is 11.5. The van der Waals surface area contributed by atoms with Crippen LogP contribution in [0.5, 0.6) is 0 Å². The molecule has 1 aliphatic rings. The van der Waals surface area contributed by atoms with Crippen molar-refractivity contribution in [2.75, 3.05) is 37.3 Å². The third-order valence-corrected chi connectivity index (χ3v) is 11.3. The second-order valence-corrected chi connectivity index (χ2v) is 16.8. The number of ether oxygens (including phenoxy) is 2. The van der Waals surface area contributed by atoms with E-state index in [1.807, 2.05) is 116 Å². The maximum Gasteiger partial charge on any atom is 0.307 e. The summed E-state index contributed by atoms with van der Waals surface area (Å²) in [5.74, 6) is -0.780. The second kappa shape index (κ2) is 25.3. The molecule has 14 heteroatoms. The van der Waals surface area contributed by atoms with Crippen LogP contribution in [0.4, 0.5) is 0 Å². The lowest BCUT2D eigenvalue weighted by atomic mass is 9.90. The number of halogens is 1. The van der Waals surface area contributed by atoms with E-state index >= 15 is 0 Å². The van der Waals surface area contributed by atoms with Gasteiger partial charge in [0.25, 0.3) is 0 Å². The van der Waals surface area contributed by atoms with Crippen LogP contribution in [0.25, 0.3) is 0 Å². The SMILES string of the molecule is C#CCCC(=O)OC(C)(CI)C(=O)[C@H](CC(C)C)NC(=O)[C@H](Cc1ccccc1)NC(=O)C(CC(C)C)NC(=O)[C@H](CCc1ccccc1)NC(=O)CN1CCOCC1. The fraction of sp³-hybridized carbons (Fsp3) is 0.556. The van der Waals surface area contributed by atoms with E-state index in [-0.39, 0.29) is 60.8 Å². The molecule has 4 N–H and O–H groups in total.